The lowest BCUT2D eigenvalue weighted by atomic mass is 9.95. The highest BCUT2D eigenvalue weighted by Crippen LogP contribution is 2.45. The zero-order valence-electron chi connectivity index (χ0n) is 19.5. The van der Waals surface area contributed by atoms with Crippen molar-refractivity contribution in [2.24, 2.45) is 0 Å². The second kappa shape index (κ2) is 9.89. The second-order valence-corrected chi connectivity index (χ2v) is 9.00. The number of hydrogen-bond donors (Lipinski definition) is 2. The summed E-state index contributed by atoms with van der Waals surface area (Å²) < 4.78 is 11.9. The largest absolute Gasteiger partial charge is 0.507 e. The number of phenolic OH excluding ortho intramolecular Hbond substituents is 1. The Labute approximate surface area is 199 Å². The Morgan fingerprint density at radius 1 is 1.21 bits per heavy atom. The molecule has 0 spiro atoms. The summed E-state index contributed by atoms with van der Waals surface area (Å²) in [6, 6.07) is 14.7. The van der Waals surface area contributed by atoms with Crippen molar-refractivity contribution in [2.45, 2.75) is 51.2 Å². The fourth-order valence-corrected chi connectivity index (χ4v) is 4.93. The number of rotatable bonds is 9. The van der Waals surface area contributed by atoms with E-state index < -0.39 is 0 Å². The normalized spacial score (nSPS) is 19.6. The van der Waals surface area contributed by atoms with Crippen LogP contribution >= 0.6 is 0 Å². The van der Waals surface area contributed by atoms with Crippen molar-refractivity contribution in [1.29, 1.82) is 0 Å². The van der Waals surface area contributed by atoms with Crippen LogP contribution in [-0.2, 0) is 4.74 Å². The van der Waals surface area contributed by atoms with Crippen molar-refractivity contribution in [3.8, 4) is 22.8 Å². The Balaban J connectivity index is 1.54. The molecule has 0 bridgehead atoms. The molecule has 178 valence electrons. The average Bonchev–Trinajstić information content (AvgIpc) is 3.57. The molecular formula is C27H31N3O4. The van der Waals surface area contributed by atoms with Crippen molar-refractivity contribution in [1.82, 2.24) is 15.1 Å². The number of benzene rings is 2. The maximum Gasteiger partial charge on any atom is 0.273 e. The van der Waals surface area contributed by atoms with Crippen LogP contribution in [0.25, 0.3) is 11.3 Å². The summed E-state index contributed by atoms with van der Waals surface area (Å²) >= 11 is 0. The molecule has 0 unspecified atom stereocenters. The Morgan fingerprint density at radius 2 is 2.09 bits per heavy atom. The van der Waals surface area contributed by atoms with E-state index in [2.05, 4.69) is 17.1 Å². The van der Waals surface area contributed by atoms with Gasteiger partial charge in [0.05, 0.1) is 18.8 Å². The fourth-order valence-electron chi connectivity index (χ4n) is 4.93. The highest BCUT2D eigenvalue weighted by molar-refractivity contribution is 6.00. The van der Waals surface area contributed by atoms with E-state index in [-0.39, 0.29) is 23.8 Å². The molecule has 7 heteroatoms. The predicted octanol–water partition coefficient (Wildman–Crippen LogP) is 5.08. The van der Waals surface area contributed by atoms with E-state index in [1.165, 1.54) is 0 Å². The molecule has 5 rings (SSSR count). The molecule has 0 saturated carbocycles. The SMILES string of the molecule is CCCCCOc1cccc([C@@H]2c3c(-c4ccccc4O)n[nH]c3C(=O)N2C[C@H]2CCCO2)c1. The van der Waals surface area contributed by atoms with Gasteiger partial charge in [-0.15, -0.1) is 0 Å². The predicted molar refractivity (Wildman–Crippen MR) is 129 cm³/mol. The van der Waals surface area contributed by atoms with Crippen molar-refractivity contribution in [3.63, 3.8) is 0 Å². The summed E-state index contributed by atoms with van der Waals surface area (Å²) in [6.07, 6.45) is 5.25. The number of para-hydroxylation sites is 1. The van der Waals surface area contributed by atoms with Gasteiger partial charge in [0.1, 0.15) is 22.9 Å². The van der Waals surface area contributed by atoms with Gasteiger partial charge in [0.15, 0.2) is 0 Å². The second-order valence-electron chi connectivity index (χ2n) is 9.00. The number of nitrogens with zero attached hydrogens (tertiary/aromatic N) is 2. The smallest absolute Gasteiger partial charge is 0.273 e. The monoisotopic (exact) mass is 461 g/mol. The number of fused-ring (bicyclic) bond motifs is 1. The Bertz CT molecular complexity index is 1150. The molecule has 2 aromatic carbocycles. The minimum atomic E-state index is -0.348. The number of carbonyl (C=O) groups is 1. The van der Waals surface area contributed by atoms with Crippen LogP contribution in [-0.4, -0.2) is 52.0 Å². The van der Waals surface area contributed by atoms with Crippen LogP contribution < -0.4 is 4.74 Å². The number of nitrogens with one attached hydrogen (secondary N) is 1. The zero-order chi connectivity index (χ0) is 23.5. The maximum absolute atomic E-state index is 13.5. The maximum atomic E-state index is 13.5. The van der Waals surface area contributed by atoms with Gasteiger partial charge in [-0.2, -0.15) is 5.10 Å². The van der Waals surface area contributed by atoms with Crippen molar-refractivity contribution >= 4 is 5.91 Å². The molecule has 1 saturated heterocycles. The number of hydrogen-bond acceptors (Lipinski definition) is 5. The lowest BCUT2D eigenvalue weighted by molar-refractivity contribution is 0.0495. The van der Waals surface area contributed by atoms with Crippen LogP contribution in [0.5, 0.6) is 11.5 Å². The molecule has 0 aliphatic carbocycles. The molecule has 2 aliphatic heterocycles. The molecule has 3 heterocycles. The third kappa shape index (κ3) is 4.28. The molecule has 1 aromatic heterocycles. The van der Waals surface area contributed by atoms with Crippen molar-refractivity contribution < 1.29 is 19.4 Å². The summed E-state index contributed by atoms with van der Waals surface area (Å²) in [5, 5.41) is 17.9. The molecule has 7 nitrogen and oxygen atoms in total. The molecule has 2 N–H and O–H groups in total. The summed E-state index contributed by atoms with van der Waals surface area (Å²) in [7, 11) is 0. The molecule has 1 fully saturated rings. The minimum absolute atomic E-state index is 0.0190. The molecular weight excluding hydrogens is 430 g/mol. The Morgan fingerprint density at radius 3 is 2.88 bits per heavy atom. The van der Waals surface area contributed by atoms with Crippen LogP contribution in [0.4, 0.5) is 0 Å². The van der Waals surface area contributed by atoms with E-state index in [0.717, 1.165) is 55.6 Å². The molecule has 1 amide bonds. The van der Waals surface area contributed by atoms with Gasteiger partial charge >= 0.3 is 0 Å². The van der Waals surface area contributed by atoms with Gasteiger partial charge in [-0.1, -0.05) is 44.0 Å². The van der Waals surface area contributed by atoms with Gasteiger partial charge in [0.2, 0.25) is 0 Å². The highest BCUT2D eigenvalue weighted by Gasteiger charge is 2.43. The first-order valence-corrected chi connectivity index (χ1v) is 12.2. The lowest BCUT2D eigenvalue weighted by Crippen LogP contribution is -2.36. The van der Waals surface area contributed by atoms with E-state index >= 15 is 0 Å². The fraction of sp³-hybridized carbons (Fsp3) is 0.407. The van der Waals surface area contributed by atoms with E-state index in [0.29, 0.717) is 30.1 Å². The van der Waals surface area contributed by atoms with Crippen LogP contribution in [0.2, 0.25) is 0 Å². The number of aromatic hydroxyl groups is 1. The standard InChI is InChI=1S/C27H31N3O4/c1-2-3-6-14-33-19-10-7-9-18(16-19)26-23-24(21-12-4-5-13-22(21)31)28-29-25(23)27(32)30(26)17-20-11-8-15-34-20/h4-5,7,9-10,12-13,16,20,26,31H,2-3,6,8,11,14-15,17H2,1H3,(H,28,29)/t20-,26-/m1/s1. The molecule has 2 atom stereocenters. The van der Waals surface area contributed by atoms with Gasteiger partial charge < -0.3 is 19.5 Å². The van der Waals surface area contributed by atoms with Crippen LogP contribution in [0, 0.1) is 0 Å². The number of ether oxygens (including phenoxy) is 2. The number of phenols is 1. The zero-order valence-corrected chi connectivity index (χ0v) is 19.5. The Hall–Kier alpha value is -3.32. The lowest BCUT2D eigenvalue weighted by Gasteiger charge is -2.28. The van der Waals surface area contributed by atoms with Crippen LogP contribution in [0.15, 0.2) is 48.5 Å². The van der Waals surface area contributed by atoms with E-state index in [1.54, 1.807) is 12.1 Å². The van der Waals surface area contributed by atoms with E-state index in [4.69, 9.17) is 9.47 Å². The average molecular weight is 462 g/mol. The van der Waals surface area contributed by atoms with Gasteiger partial charge in [-0.05, 0) is 49.1 Å². The number of unbranched alkanes of at least 4 members (excludes halogenated alkanes) is 2. The number of H-pyrrole nitrogens is 1. The first kappa shape index (κ1) is 22.5. The third-order valence-corrected chi connectivity index (χ3v) is 6.64. The van der Waals surface area contributed by atoms with Crippen LogP contribution in [0.1, 0.15) is 66.7 Å². The topological polar surface area (TPSA) is 87.7 Å². The molecule has 2 aliphatic rings. The summed E-state index contributed by atoms with van der Waals surface area (Å²) in [5.41, 5.74) is 3.40. The summed E-state index contributed by atoms with van der Waals surface area (Å²) in [5.74, 6) is 0.826. The Kier molecular flexibility index (Phi) is 6.54. The minimum Gasteiger partial charge on any atom is -0.507 e. The van der Waals surface area contributed by atoms with Gasteiger partial charge in [-0.25, -0.2) is 0 Å². The van der Waals surface area contributed by atoms with Gasteiger partial charge in [0, 0.05) is 24.3 Å². The summed E-state index contributed by atoms with van der Waals surface area (Å²) in [4.78, 5) is 15.4. The molecule has 3 aromatic rings. The number of aromatic amines is 1. The van der Waals surface area contributed by atoms with E-state index in [1.807, 2.05) is 41.3 Å². The third-order valence-electron chi connectivity index (χ3n) is 6.64. The van der Waals surface area contributed by atoms with Gasteiger partial charge in [-0.3, -0.25) is 9.89 Å². The number of aromatic nitrogens is 2. The summed E-state index contributed by atoms with van der Waals surface area (Å²) in [6.45, 7) is 4.08. The van der Waals surface area contributed by atoms with Crippen molar-refractivity contribution in [3.05, 3.63) is 65.4 Å². The first-order valence-electron chi connectivity index (χ1n) is 12.2. The number of amides is 1. The number of carbonyl (C=O) groups excluding carboxylic acids is 1. The van der Waals surface area contributed by atoms with Crippen LogP contribution in [0.3, 0.4) is 0 Å². The molecule has 0 radical (unpaired) electrons. The first-order chi connectivity index (χ1) is 16.7. The quantitative estimate of drug-likeness (QED) is 0.434. The van der Waals surface area contributed by atoms with E-state index in [9.17, 15) is 9.90 Å². The van der Waals surface area contributed by atoms with Crippen molar-refractivity contribution in [2.75, 3.05) is 19.8 Å². The molecule has 34 heavy (non-hydrogen) atoms. The highest BCUT2D eigenvalue weighted by atomic mass is 16.5. The van der Waals surface area contributed by atoms with Gasteiger partial charge in [0.25, 0.3) is 5.91 Å².